The van der Waals surface area contributed by atoms with Gasteiger partial charge in [-0.1, -0.05) is 0 Å². The summed E-state index contributed by atoms with van der Waals surface area (Å²) in [6.07, 6.45) is 2.03. The predicted octanol–water partition coefficient (Wildman–Crippen LogP) is 3.91. The molecule has 35 heavy (non-hydrogen) atoms. The molecule has 0 aliphatic carbocycles. The van der Waals surface area contributed by atoms with Crippen LogP contribution >= 0.6 is 11.3 Å². The van der Waals surface area contributed by atoms with Crippen LogP contribution in [0.15, 0.2) is 42.7 Å². The molecule has 3 aromatic heterocycles. The van der Waals surface area contributed by atoms with E-state index in [9.17, 15) is 13.6 Å². The van der Waals surface area contributed by atoms with E-state index in [-0.39, 0.29) is 17.6 Å². The van der Waals surface area contributed by atoms with E-state index in [1.54, 1.807) is 11.8 Å². The molecule has 2 aliphatic heterocycles. The van der Waals surface area contributed by atoms with E-state index in [0.717, 1.165) is 27.1 Å². The standard InChI is InChI=1S/C24H20F2N6O2S/c1-13(33)31-10-16(11-31)29-21-5-4-19-22(30-21)23-14(6-7-34-19)8-20(35-23)24-27-12-28-32(24)18-3-2-15(25)9-17(18)26/h2-5,8-9,12,16H,6-7,10-11H2,1H3,(H,29,30). The number of nitrogens with one attached hydrogen (secondary N) is 1. The summed E-state index contributed by atoms with van der Waals surface area (Å²) in [6, 6.07) is 9.29. The van der Waals surface area contributed by atoms with Crippen LogP contribution in [0.25, 0.3) is 27.0 Å². The van der Waals surface area contributed by atoms with E-state index >= 15 is 0 Å². The van der Waals surface area contributed by atoms with Crippen molar-refractivity contribution in [1.82, 2.24) is 24.6 Å². The molecule has 4 aromatic rings. The average Bonchev–Trinajstić information content (AvgIpc) is 3.40. The Morgan fingerprint density at radius 1 is 1.20 bits per heavy atom. The second-order valence-electron chi connectivity index (χ2n) is 8.46. The summed E-state index contributed by atoms with van der Waals surface area (Å²) in [7, 11) is 0. The highest BCUT2D eigenvalue weighted by Gasteiger charge is 2.29. The zero-order chi connectivity index (χ0) is 24.1. The largest absolute Gasteiger partial charge is 0.491 e. The first-order valence-electron chi connectivity index (χ1n) is 11.1. The number of pyridine rings is 1. The van der Waals surface area contributed by atoms with Gasteiger partial charge < -0.3 is 15.0 Å². The number of benzene rings is 1. The molecule has 0 unspecified atom stereocenters. The fraction of sp³-hybridized carbons (Fsp3) is 0.250. The molecular formula is C24H20F2N6O2S. The molecule has 1 amide bonds. The van der Waals surface area contributed by atoms with Crippen LogP contribution in [0.1, 0.15) is 12.5 Å². The Kier molecular flexibility index (Phi) is 5.21. The van der Waals surface area contributed by atoms with Crippen molar-refractivity contribution < 1.29 is 18.3 Å². The number of aromatic nitrogens is 4. The number of rotatable bonds is 4. The monoisotopic (exact) mass is 494 g/mol. The minimum Gasteiger partial charge on any atom is -0.491 e. The number of carbonyl (C=O) groups excluding carboxylic acids is 1. The molecule has 0 spiro atoms. The second kappa shape index (κ2) is 8.42. The summed E-state index contributed by atoms with van der Waals surface area (Å²) in [4.78, 5) is 24.2. The number of anilines is 1. The Balaban J connectivity index is 1.34. The van der Waals surface area contributed by atoms with Crippen LogP contribution in [0.5, 0.6) is 5.75 Å². The number of likely N-dealkylation sites (tertiary alicyclic amines) is 1. The molecule has 0 saturated carbocycles. The van der Waals surface area contributed by atoms with Crippen molar-refractivity contribution in [2.75, 3.05) is 25.0 Å². The SMILES string of the molecule is CC(=O)N1CC(Nc2ccc3c(n2)-c2sc(-c4ncnn4-c4ccc(F)cc4F)cc2CCO3)C1. The van der Waals surface area contributed by atoms with E-state index in [2.05, 4.69) is 15.4 Å². The van der Waals surface area contributed by atoms with E-state index in [0.29, 0.717) is 43.5 Å². The molecule has 178 valence electrons. The number of hydrogen-bond donors (Lipinski definition) is 1. The predicted molar refractivity (Wildman–Crippen MR) is 127 cm³/mol. The Hall–Kier alpha value is -3.86. The highest BCUT2D eigenvalue weighted by molar-refractivity contribution is 7.19. The number of amides is 1. The van der Waals surface area contributed by atoms with Gasteiger partial charge in [0.1, 0.15) is 35.1 Å². The fourth-order valence-corrected chi connectivity index (χ4v) is 5.46. The summed E-state index contributed by atoms with van der Waals surface area (Å²) in [5.74, 6) is 0.552. The molecule has 1 saturated heterocycles. The van der Waals surface area contributed by atoms with Gasteiger partial charge >= 0.3 is 0 Å². The molecule has 1 aromatic carbocycles. The third-order valence-corrected chi connectivity index (χ3v) is 7.28. The maximum atomic E-state index is 14.5. The van der Waals surface area contributed by atoms with Crippen molar-refractivity contribution >= 4 is 23.1 Å². The van der Waals surface area contributed by atoms with Crippen molar-refractivity contribution in [1.29, 1.82) is 0 Å². The van der Waals surface area contributed by atoms with Crippen LogP contribution in [-0.2, 0) is 11.2 Å². The van der Waals surface area contributed by atoms with Crippen LogP contribution in [-0.4, -0.2) is 56.3 Å². The van der Waals surface area contributed by atoms with E-state index in [1.807, 2.05) is 18.2 Å². The van der Waals surface area contributed by atoms with Crippen LogP contribution in [0, 0.1) is 11.6 Å². The zero-order valence-electron chi connectivity index (χ0n) is 18.7. The Labute approximate surface area is 203 Å². The van der Waals surface area contributed by atoms with Crippen molar-refractivity contribution in [3.05, 3.63) is 59.9 Å². The average molecular weight is 495 g/mol. The van der Waals surface area contributed by atoms with Crippen molar-refractivity contribution in [3.8, 4) is 32.7 Å². The van der Waals surface area contributed by atoms with Gasteiger partial charge in [-0.15, -0.1) is 11.3 Å². The first kappa shape index (κ1) is 21.7. The van der Waals surface area contributed by atoms with Crippen molar-refractivity contribution in [3.63, 3.8) is 0 Å². The van der Waals surface area contributed by atoms with Crippen LogP contribution in [0.4, 0.5) is 14.6 Å². The normalized spacial score (nSPS) is 15.0. The van der Waals surface area contributed by atoms with Gasteiger partial charge in [0, 0.05) is 32.5 Å². The highest BCUT2D eigenvalue weighted by Crippen LogP contribution is 2.43. The molecule has 6 rings (SSSR count). The van der Waals surface area contributed by atoms with Crippen molar-refractivity contribution in [2.45, 2.75) is 19.4 Å². The van der Waals surface area contributed by atoms with Gasteiger partial charge in [-0.3, -0.25) is 4.79 Å². The number of thiophene rings is 1. The maximum Gasteiger partial charge on any atom is 0.219 e. The van der Waals surface area contributed by atoms with Gasteiger partial charge in [-0.05, 0) is 35.9 Å². The number of nitrogens with zero attached hydrogens (tertiary/aromatic N) is 5. The molecule has 2 aliphatic rings. The molecule has 0 radical (unpaired) electrons. The number of halogens is 2. The van der Waals surface area contributed by atoms with Gasteiger partial charge in [0.05, 0.1) is 22.4 Å². The van der Waals surface area contributed by atoms with E-state index in [1.165, 1.54) is 34.5 Å². The minimum atomic E-state index is -0.717. The Morgan fingerprint density at radius 3 is 2.86 bits per heavy atom. The minimum absolute atomic E-state index is 0.0652. The molecule has 0 bridgehead atoms. The smallest absolute Gasteiger partial charge is 0.219 e. The molecule has 8 nitrogen and oxygen atoms in total. The summed E-state index contributed by atoms with van der Waals surface area (Å²) in [5.41, 5.74) is 1.89. The van der Waals surface area contributed by atoms with Gasteiger partial charge in [0.25, 0.3) is 0 Å². The molecule has 1 fully saturated rings. The Morgan fingerprint density at radius 2 is 2.06 bits per heavy atom. The second-order valence-corrected chi connectivity index (χ2v) is 9.52. The number of fused-ring (bicyclic) bond motifs is 3. The van der Waals surface area contributed by atoms with Crippen LogP contribution < -0.4 is 10.1 Å². The quantitative estimate of drug-likeness (QED) is 0.463. The molecule has 0 atom stereocenters. The first-order chi connectivity index (χ1) is 17.0. The van der Waals surface area contributed by atoms with Crippen molar-refractivity contribution in [2.24, 2.45) is 0 Å². The fourth-order valence-electron chi connectivity index (χ4n) is 4.28. The lowest BCUT2D eigenvalue weighted by atomic mass is 10.1. The number of carbonyl (C=O) groups is 1. The zero-order valence-corrected chi connectivity index (χ0v) is 19.5. The van der Waals surface area contributed by atoms with Crippen LogP contribution in [0.3, 0.4) is 0 Å². The third-order valence-electron chi connectivity index (χ3n) is 6.10. The lowest BCUT2D eigenvalue weighted by molar-refractivity contribution is -0.132. The lowest BCUT2D eigenvalue weighted by Crippen LogP contribution is -2.56. The number of hydrogen-bond acceptors (Lipinski definition) is 7. The van der Waals surface area contributed by atoms with E-state index in [4.69, 9.17) is 9.72 Å². The van der Waals surface area contributed by atoms with E-state index < -0.39 is 11.6 Å². The lowest BCUT2D eigenvalue weighted by Gasteiger charge is -2.39. The third kappa shape index (κ3) is 3.91. The summed E-state index contributed by atoms with van der Waals surface area (Å²) < 4.78 is 35.2. The summed E-state index contributed by atoms with van der Waals surface area (Å²) >= 11 is 1.48. The molecule has 5 heterocycles. The van der Waals surface area contributed by atoms with Gasteiger partial charge in [0.15, 0.2) is 11.6 Å². The van der Waals surface area contributed by atoms with Gasteiger partial charge in [-0.25, -0.2) is 23.4 Å². The molecular weight excluding hydrogens is 474 g/mol. The summed E-state index contributed by atoms with van der Waals surface area (Å²) in [5, 5.41) is 7.56. The Bertz CT molecular complexity index is 1450. The summed E-state index contributed by atoms with van der Waals surface area (Å²) in [6.45, 7) is 3.36. The first-order valence-corrected chi connectivity index (χ1v) is 11.9. The number of ether oxygens (including phenoxy) is 1. The maximum absolute atomic E-state index is 14.5. The highest BCUT2D eigenvalue weighted by atomic mass is 32.1. The topological polar surface area (TPSA) is 85.2 Å². The van der Waals surface area contributed by atoms with Gasteiger partial charge in [-0.2, -0.15) is 5.10 Å². The molecule has 11 heteroatoms. The molecule has 1 N–H and O–H groups in total. The van der Waals surface area contributed by atoms with Crippen LogP contribution in [0.2, 0.25) is 0 Å². The van der Waals surface area contributed by atoms with Gasteiger partial charge in [0.2, 0.25) is 5.91 Å².